The number of allylic oxidation sites excluding steroid dienone is 2. The largest absolute Gasteiger partial charge is 0.368 e. The number of benzene rings is 3. The molecule has 1 aliphatic heterocycles. The molecule has 0 radical (unpaired) electrons. The second-order valence-electron chi connectivity index (χ2n) is 8.61. The molecule has 0 saturated carbocycles. The van der Waals surface area contributed by atoms with Crippen LogP contribution in [0.15, 0.2) is 116 Å². The van der Waals surface area contributed by atoms with E-state index in [4.69, 9.17) is 23.7 Å². The Hall–Kier alpha value is -3.06. The van der Waals surface area contributed by atoms with Gasteiger partial charge in [0, 0.05) is 7.11 Å². The van der Waals surface area contributed by atoms with Crippen molar-refractivity contribution in [3.63, 3.8) is 0 Å². The molecule has 0 unspecified atom stereocenters. The molecule has 36 heavy (non-hydrogen) atoms. The van der Waals surface area contributed by atoms with E-state index in [-0.39, 0.29) is 0 Å². The lowest BCUT2D eigenvalue weighted by Gasteiger charge is -2.45. The van der Waals surface area contributed by atoms with Crippen LogP contribution in [-0.2, 0) is 43.5 Å². The van der Waals surface area contributed by atoms with Crippen molar-refractivity contribution >= 4 is 0 Å². The van der Waals surface area contributed by atoms with E-state index in [9.17, 15) is 0 Å². The van der Waals surface area contributed by atoms with Crippen molar-refractivity contribution in [1.29, 1.82) is 0 Å². The summed E-state index contributed by atoms with van der Waals surface area (Å²) < 4.78 is 31.5. The van der Waals surface area contributed by atoms with Crippen molar-refractivity contribution in [2.75, 3.05) is 7.11 Å². The number of methoxy groups -OCH3 is 1. The molecule has 5 heteroatoms. The first-order valence-electron chi connectivity index (χ1n) is 12.2. The molecule has 3 aromatic carbocycles. The third-order valence-corrected chi connectivity index (χ3v) is 6.06. The van der Waals surface area contributed by atoms with Gasteiger partial charge in [0.05, 0.1) is 19.8 Å². The lowest BCUT2D eigenvalue weighted by Crippen LogP contribution is -2.60. The predicted molar refractivity (Wildman–Crippen MR) is 140 cm³/mol. The molecule has 1 saturated heterocycles. The van der Waals surface area contributed by atoms with E-state index < -0.39 is 30.7 Å². The Bertz CT molecular complexity index is 1050. The fraction of sp³-hybridized carbons (Fsp3) is 0.290. The monoisotopic (exact) mass is 486 g/mol. The van der Waals surface area contributed by atoms with Crippen LogP contribution < -0.4 is 0 Å². The maximum absolute atomic E-state index is 6.54. The molecule has 0 aromatic heterocycles. The summed E-state index contributed by atoms with van der Waals surface area (Å²) in [5, 5.41) is 0. The van der Waals surface area contributed by atoms with Gasteiger partial charge in [-0.1, -0.05) is 116 Å². The normalized spacial score (nSPS) is 24.1. The van der Waals surface area contributed by atoms with Crippen LogP contribution in [0.1, 0.15) is 16.7 Å². The zero-order chi connectivity index (χ0) is 25.0. The quantitative estimate of drug-likeness (QED) is 0.300. The van der Waals surface area contributed by atoms with Gasteiger partial charge in [0.25, 0.3) is 0 Å². The Morgan fingerprint density at radius 1 is 0.667 bits per heavy atom. The molecule has 1 heterocycles. The van der Waals surface area contributed by atoms with Crippen molar-refractivity contribution in [2.45, 2.75) is 50.5 Å². The van der Waals surface area contributed by atoms with E-state index in [0.29, 0.717) is 19.8 Å². The molecule has 5 nitrogen and oxygen atoms in total. The van der Waals surface area contributed by atoms with Gasteiger partial charge in [-0.25, -0.2) is 0 Å². The Kier molecular flexibility index (Phi) is 10.0. The van der Waals surface area contributed by atoms with Gasteiger partial charge in [0.15, 0.2) is 6.29 Å². The fourth-order valence-electron chi connectivity index (χ4n) is 4.22. The lowest BCUT2D eigenvalue weighted by atomic mass is 9.97. The summed E-state index contributed by atoms with van der Waals surface area (Å²) in [6, 6.07) is 30.2. The van der Waals surface area contributed by atoms with Gasteiger partial charge in [-0.3, -0.25) is 0 Å². The summed E-state index contributed by atoms with van der Waals surface area (Å²) in [5.74, 6) is 0. The Morgan fingerprint density at radius 2 is 1.11 bits per heavy atom. The molecule has 0 spiro atoms. The zero-order valence-corrected chi connectivity index (χ0v) is 20.6. The van der Waals surface area contributed by atoms with E-state index in [2.05, 4.69) is 6.58 Å². The summed E-state index contributed by atoms with van der Waals surface area (Å²) in [6.45, 7) is 5.04. The van der Waals surface area contributed by atoms with E-state index in [1.54, 1.807) is 13.2 Å². The SMILES string of the molecule is C=C/C=C\[C@H]1O[C@H](OC)[C@H](OCc2ccccc2)[C@@H](OCc2ccccc2)[C@@H]1OCc1ccccc1. The highest BCUT2D eigenvalue weighted by atomic mass is 16.7. The van der Waals surface area contributed by atoms with Crippen LogP contribution in [0.4, 0.5) is 0 Å². The first kappa shape index (κ1) is 26.0. The Morgan fingerprint density at radius 3 is 1.56 bits per heavy atom. The second kappa shape index (κ2) is 13.9. The number of hydrogen-bond acceptors (Lipinski definition) is 5. The maximum Gasteiger partial charge on any atom is 0.186 e. The molecule has 1 aliphatic rings. The molecule has 188 valence electrons. The first-order chi connectivity index (χ1) is 17.8. The van der Waals surface area contributed by atoms with Crippen LogP contribution >= 0.6 is 0 Å². The minimum atomic E-state index is -0.634. The smallest absolute Gasteiger partial charge is 0.186 e. The van der Waals surface area contributed by atoms with Gasteiger partial charge in [-0.15, -0.1) is 0 Å². The summed E-state index contributed by atoms with van der Waals surface area (Å²) >= 11 is 0. The van der Waals surface area contributed by atoms with Crippen molar-refractivity contribution in [1.82, 2.24) is 0 Å². The molecular formula is C31H34O5. The van der Waals surface area contributed by atoms with Crippen molar-refractivity contribution < 1.29 is 23.7 Å². The average molecular weight is 487 g/mol. The molecule has 0 N–H and O–H groups in total. The third kappa shape index (κ3) is 7.23. The van der Waals surface area contributed by atoms with Crippen molar-refractivity contribution in [2.24, 2.45) is 0 Å². The highest BCUT2D eigenvalue weighted by Gasteiger charge is 2.47. The van der Waals surface area contributed by atoms with Crippen LogP contribution in [0.2, 0.25) is 0 Å². The van der Waals surface area contributed by atoms with Gasteiger partial charge in [0.2, 0.25) is 0 Å². The van der Waals surface area contributed by atoms with Crippen LogP contribution in [0.5, 0.6) is 0 Å². The summed E-state index contributed by atoms with van der Waals surface area (Å²) in [4.78, 5) is 0. The summed E-state index contributed by atoms with van der Waals surface area (Å²) in [5.41, 5.74) is 3.20. The fourth-order valence-corrected chi connectivity index (χ4v) is 4.22. The number of hydrogen-bond donors (Lipinski definition) is 0. The maximum atomic E-state index is 6.54. The summed E-state index contributed by atoms with van der Waals surface area (Å²) in [6.07, 6.45) is 3.08. The molecular weight excluding hydrogens is 452 g/mol. The predicted octanol–water partition coefficient (Wildman–Crippen LogP) is 5.86. The van der Waals surface area contributed by atoms with E-state index >= 15 is 0 Å². The minimum Gasteiger partial charge on any atom is -0.368 e. The van der Waals surface area contributed by atoms with E-state index in [1.807, 2.05) is 103 Å². The van der Waals surface area contributed by atoms with Crippen molar-refractivity contribution in [3.8, 4) is 0 Å². The second-order valence-corrected chi connectivity index (χ2v) is 8.61. The molecule has 0 amide bonds. The topological polar surface area (TPSA) is 46.2 Å². The highest BCUT2D eigenvalue weighted by Crippen LogP contribution is 2.31. The Labute approximate surface area is 213 Å². The van der Waals surface area contributed by atoms with Crippen LogP contribution in [0.3, 0.4) is 0 Å². The highest BCUT2D eigenvalue weighted by molar-refractivity contribution is 5.16. The van der Waals surface area contributed by atoms with Gasteiger partial charge in [0.1, 0.15) is 24.4 Å². The van der Waals surface area contributed by atoms with Gasteiger partial charge < -0.3 is 23.7 Å². The van der Waals surface area contributed by atoms with Gasteiger partial charge in [-0.05, 0) is 16.7 Å². The van der Waals surface area contributed by atoms with E-state index in [1.165, 1.54) is 0 Å². The molecule has 0 aliphatic carbocycles. The lowest BCUT2D eigenvalue weighted by molar-refractivity contribution is -0.309. The van der Waals surface area contributed by atoms with Crippen molar-refractivity contribution in [3.05, 3.63) is 132 Å². The third-order valence-electron chi connectivity index (χ3n) is 6.06. The Balaban J connectivity index is 1.61. The van der Waals surface area contributed by atoms with Gasteiger partial charge >= 0.3 is 0 Å². The average Bonchev–Trinajstić information content (AvgIpc) is 2.94. The molecule has 5 atom stereocenters. The molecule has 0 bridgehead atoms. The minimum absolute atomic E-state index is 0.401. The summed E-state index contributed by atoms with van der Waals surface area (Å²) in [7, 11) is 1.62. The van der Waals surface area contributed by atoms with E-state index in [0.717, 1.165) is 16.7 Å². The molecule has 3 aromatic rings. The van der Waals surface area contributed by atoms with Crippen LogP contribution in [0, 0.1) is 0 Å². The van der Waals surface area contributed by atoms with Crippen LogP contribution in [0.25, 0.3) is 0 Å². The standard InChI is InChI=1S/C31H34O5/c1-3-4-20-27-28(33-21-24-14-8-5-9-15-24)29(34-22-25-16-10-6-11-17-25)30(31(32-2)36-27)35-23-26-18-12-7-13-19-26/h3-20,27-31H,1,21-23H2,2H3/b20-4-/t27-,28-,29+,30-,31+/m1/s1. The number of rotatable bonds is 12. The zero-order valence-electron chi connectivity index (χ0n) is 20.6. The van der Waals surface area contributed by atoms with Gasteiger partial charge in [-0.2, -0.15) is 0 Å². The molecule has 4 rings (SSSR count). The first-order valence-corrected chi connectivity index (χ1v) is 12.2. The molecule has 1 fully saturated rings. The number of ether oxygens (including phenoxy) is 5. The van der Waals surface area contributed by atoms with Crippen LogP contribution in [-0.4, -0.2) is 37.8 Å².